The Balaban J connectivity index is 1.58. The van der Waals surface area contributed by atoms with Crippen LogP contribution >= 0.6 is 11.3 Å². The molecule has 2 aromatic carbocycles. The number of hydrogen-bond donors (Lipinski definition) is 0. The van der Waals surface area contributed by atoms with Gasteiger partial charge in [0.2, 0.25) is 0 Å². The van der Waals surface area contributed by atoms with E-state index in [1.54, 1.807) is 40.5 Å². The predicted octanol–water partition coefficient (Wildman–Crippen LogP) is 4.18. The van der Waals surface area contributed by atoms with E-state index in [4.69, 9.17) is 9.72 Å². The fourth-order valence-corrected chi connectivity index (χ4v) is 4.82. The second kappa shape index (κ2) is 9.68. The van der Waals surface area contributed by atoms with Gasteiger partial charge in [-0.1, -0.05) is 35.6 Å². The number of thiazole rings is 1. The maximum Gasteiger partial charge on any atom is 0.260 e. The molecule has 0 N–H and O–H groups in total. The summed E-state index contributed by atoms with van der Waals surface area (Å²) in [6.45, 7) is 8.46. The number of para-hydroxylation sites is 1. The zero-order valence-corrected chi connectivity index (χ0v) is 18.8. The van der Waals surface area contributed by atoms with Crippen LogP contribution in [0.3, 0.4) is 0 Å². The third kappa shape index (κ3) is 5.01. The highest BCUT2D eigenvalue weighted by atomic mass is 32.1. The molecule has 1 aromatic heterocycles. The maximum absolute atomic E-state index is 13.4. The largest absolute Gasteiger partial charge is 0.379 e. The lowest BCUT2D eigenvalue weighted by molar-refractivity contribution is 0.0376. The fourth-order valence-electron chi connectivity index (χ4n) is 3.75. The third-order valence-electron chi connectivity index (χ3n) is 5.58. The number of Topliss-reactive ketones (excluding diaryl/α,β-unsaturated/α-hetero) is 1. The molecule has 0 bridgehead atoms. The van der Waals surface area contributed by atoms with Crippen LogP contribution in [-0.4, -0.2) is 61.0 Å². The van der Waals surface area contributed by atoms with Gasteiger partial charge in [-0.05, 0) is 44.0 Å². The van der Waals surface area contributed by atoms with Crippen molar-refractivity contribution in [1.82, 2.24) is 9.88 Å². The normalized spacial score (nSPS) is 14.6. The average molecular weight is 438 g/mol. The minimum absolute atomic E-state index is 0.0111. The first-order valence-electron chi connectivity index (χ1n) is 10.6. The number of rotatable bonds is 7. The van der Waals surface area contributed by atoms with Gasteiger partial charge in [-0.25, -0.2) is 4.98 Å². The van der Waals surface area contributed by atoms with Gasteiger partial charge in [0.25, 0.3) is 5.91 Å². The molecule has 1 fully saturated rings. The van der Waals surface area contributed by atoms with Gasteiger partial charge in [-0.15, -0.1) is 0 Å². The summed E-state index contributed by atoms with van der Waals surface area (Å²) in [5.41, 5.74) is 3.21. The molecule has 31 heavy (non-hydrogen) atoms. The van der Waals surface area contributed by atoms with Crippen LogP contribution in [-0.2, 0) is 4.74 Å². The van der Waals surface area contributed by atoms with Gasteiger partial charge in [0.1, 0.15) is 0 Å². The number of morpholine rings is 1. The highest BCUT2D eigenvalue weighted by Gasteiger charge is 2.22. The van der Waals surface area contributed by atoms with Crippen molar-refractivity contribution < 1.29 is 14.3 Å². The molecular weight excluding hydrogens is 410 g/mol. The average Bonchev–Trinajstić information content (AvgIpc) is 3.22. The Hall–Kier alpha value is -2.61. The monoisotopic (exact) mass is 437 g/mol. The lowest BCUT2D eigenvalue weighted by Gasteiger charge is -2.27. The van der Waals surface area contributed by atoms with Crippen LogP contribution in [0.2, 0.25) is 0 Å². The van der Waals surface area contributed by atoms with Crippen molar-refractivity contribution in [3.63, 3.8) is 0 Å². The number of aryl methyl sites for hydroxylation is 1. The molecule has 2 heterocycles. The molecule has 0 radical (unpaired) electrons. The summed E-state index contributed by atoms with van der Waals surface area (Å²) in [6, 6.07) is 13.0. The molecule has 3 aromatic rings. The lowest BCUT2D eigenvalue weighted by Crippen LogP contribution is -2.39. The van der Waals surface area contributed by atoms with E-state index in [0.717, 1.165) is 55.0 Å². The number of carbonyl (C=O) groups excluding carboxylic acids is 2. The highest BCUT2D eigenvalue weighted by Crippen LogP contribution is 2.31. The van der Waals surface area contributed by atoms with Crippen LogP contribution in [0.1, 0.15) is 39.6 Å². The molecule has 7 heteroatoms. The zero-order valence-electron chi connectivity index (χ0n) is 18.0. The molecule has 1 amide bonds. The number of anilines is 1. The van der Waals surface area contributed by atoms with Gasteiger partial charge in [0, 0.05) is 37.3 Å². The molecule has 0 unspecified atom stereocenters. The molecule has 4 rings (SSSR count). The molecule has 162 valence electrons. The van der Waals surface area contributed by atoms with E-state index in [1.165, 1.54) is 6.92 Å². The molecule has 0 atom stereocenters. The number of hydrogen-bond acceptors (Lipinski definition) is 6. The van der Waals surface area contributed by atoms with E-state index < -0.39 is 0 Å². The predicted molar refractivity (Wildman–Crippen MR) is 124 cm³/mol. The van der Waals surface area contributed by atoms with Crippen molar-refractivity contribution in [2.24, 2.45) is 0 Å². The Morgan fingerprint density at radius 2 is 1.81 bits per heavy atom. The molecule has 1 aliphatic heterocycles. The summed E-state index contributed by atoms with van der Waals surface area (Å²) in [4.78, 5) is 34.0. The second-order valence-electron chi connectivity index (χ2n) is 7.82. The molecule has 0 saturated carbocycles. The van der Waals surface area contributed by atoms with E-state index in [1.807, 2.05) is 25.1 Å². The minimum Gasteiger partial charge on any atom is -0.379 e. The number of fused-ring (bicyclic) bond motifs is 1. The summed E-state index contributed by atoms with van der Waals surface area (Å²) in [7, 11) is 0. The van der Waals surface area contributed by atoms with E-state index in [2.05, 4.69) is 4.90 Å². The number of nitrogens with zero attached hydrogens (tertiary/aromatic N) is 3. The summed E-state index contributed by atoms with van der Waals surface area (Å²) < 4.78 is 6.50. The van der Waals surface area contributed by atoms with Gasteiger partial charge in [-0.3, -0.25) is 19.4 Å². The van der Waals surface area contributed by atoms with Crippen molar-refractivity contribution in [3.05, 3.63) is 59.2 Å². The Morgan fingerprint density at radius 3 is 2.48 bits per heavy atom. The van der Waals surface area contributed by atoms with Crippen molar-refractivity contribution >= 4 is 38.4 Å². The number of carbonyl (C=O) groups is 2. The van der Waals surface area contributed by atoms with Crippen molar-refractivity contribution in [2.45, 2.75) is 20.3 Å². The number of benzene rings is 2. The van der Waals surface area contributed by atoms with Crippen molar-refractivity contribution in [3.8, 4) is 0 Å². The van der Waals surface area contributed by atoms with Crippen LogP contribution in [0.4, 0.5) is 5.13 Å². The van der Waals surface area contributed by atoms with Crippen LogP contribution < -0.4 is 4.90 Å². The maximum atomic E-state index is 13.4. The van der Waals surface area contributed by atoms with Gasteiger partial charge >= 0.3 is 0 Å². The van der Waals surface area contributed by atoms with E-state index >= 15 is 0 Å². The number of ether oxygens (including phenoxy) is 1. The number of ketones is 1. The van der Waals surface area contributed by atoms with E-state index in [0.29, 0.717) is 22.8 Å². The standard InChI is InChI=1S/C24H27N3O3S/c1-17-5-3-6-21-22(17)25-24(31-21)27(12-4-11-26-13-15-30-16-14-26)23(29)20-9-7-19(8-10-20)18(2)28/h3,5-10H,4,11-16H2,1-2H3. The molecule has 0 aliphatic carbocycles. The fraction of sp³-hybridized carbons (Fsp3) is 0.375. The first-order valence-corrected chi connectivity index (χ1v) is 11.4. The third-order valence-corrected chi connectivity index (χ3v) is 6.63. The topological polar surface area (TPSA) is 62.7 Å². The Labute approximate surface area is 186 Å². The zero-order chi connectivity index (χ0) is 21.8. The minimum atomic E-state index is -0.0891. The highest BCUT2D eigenvalue weighted by molar-refractivity contribution is 7.22. The van der Waals surface area contributed by atoms with Crippen LogP contribution in [0.25, 0.3) is 10.2 Å². The quantitative estimate of drug-likeness (QED) is 0.519. The molecule has 1 aliphatic rings. The van der Waals surface area contributed by atoms with E-state index in [9.17, 15) is 9.59 Å². The summed E-state index contributed by atoms with van der Waals surface area (Å²) in [5.74, 6) is -0.100. The molecule has 0 spiro atoms. The summed E-state index contributed by atoms with van der Waals surface area (Å²) in [5, 5.41) is 0.715. The molecule has 1 saturated heterocycles. The van der Waals surface area contributed by atoms with Gasteiger partial charge in [-0.2, -0.15) is 0 Å². The van der Waals surface area contributed by atoms with Crippen molar-refractivity contribution in [2.75, 3.05) is 44.3 Å². The van der Waals surface area contributed by atoms with Gasteiger partial charge in [0.05, 0.1) is 23.4 Å². The molecule has 6 nitrogen and oxygen atoms in total. The first kappa shape index (κ1) is 21.6. The lowest BCUT2D eigenvalue weighted by atomic mass is 10.1. The Bertz CT molecular complexity index is 1070. The Kier molecular flexibility index (Phi) is 6.75. The summed E-state index contributed by atoms with van der Waals surface area (Å²) >= 11 is 1.54. The summed E-state index contributed by atoms with van der Waals surface area (Å²) in [6.07, 6.45) is 0.853. The number of aromatic nitrogens is 1. The number of amides is 1. The first-order chi connectivity index (χ1) is 15.0. The Morgan fingerprint density at radius 1 is 1.10 bits per heavy atom. The van der Waals surface area contributed by atoms with Gasteiger partial charge in [0.15, 0.2) is 10.9 Å². The second-order valence-corrected chi connectivity index (χ2v) is 8.83. The van der Waals surface area contributed by atoms with Crippen molar-refractivity contribution in [1.29, 1.82) is 0 Å². The smallest absolute Gasteiger partial charge is 0.260 e. The van der Waals surface area contributed by atoms with Crippen LogP contribution in [0.5, 0.6) is 0 Å². The molecular formula is C24H27N3O3S. The van der Waals surface area contributed by atoms with Crippen LogP contribution in [0.15, 0.2) is 42.5 Å². The SMILES string of the molecule is CC(=O)c1ccc(C(=O)N(CCCN2CCOCC2)c2nc3c(C)cccc3s2)cc1. The van der Waals surface area contributed by atoms with Gasteiger partial charge < -0.3 is 4.74 Å². The van der Waals surface area contributed by atoms with E-state index in [-0.39, 0.29) is 11.7 Å². The van der Waals surface area contributed by atoms with Crippen LogP contribution in [0, 0.1) is 6.92 Å².